The standard InChI is InChI=1S/C9H14F2N4OS/c1-5(2)6-7(17-15-14-6)8(16)13-4-9(10,11)3-12/h5H,3-4,12H2,1-2H3,(H,13,16). The Morgan fingerprint density at radius 2 is 2.24 bits per heavy atom. The van der Waals surface area contributed by atoms with Crippen LogP contribution in [0.25, 0.3) is 0 Å². The highest BCUT2D eigenvalue weighted by Crippen LogP contribution is 2.19. The summed E-state index contributed by atoms with van der Waals surface area (Å²) < 4.78 is 29.3. The number of carbonyl (C=O) groups excluding carboxylic acids is 1. The predicted molar refractivity (Wildman–Crippen MR) is 60.3 cm³/mol. The number of amides is 1. The lowest BCUT2D eigenvalue weighted by Gasteiger charge is -2.14. The molecule has 0 fully saturated rings. The number of aromatic nitrogens is 2. The van der Waals surface area contributed by atoms with Crippen molar-refractivity contribution >= 4 is 17.4 Å². The normalized spacial score (nSPS) is 11.9. The van der Waals surface area contributed by atoms with E-state index in [0.29, 0.717) is 5.69 Å². The molecular formula is C9H14F2N4OS. The Hall–Kier alpha value is -1.15. The molecule has 0 spiro atoms. The summed E-state index contributed by atoms with van der Waals surface area (Å²) in [5.41, 5.74) is 5.38. The molecule has 1 aromatic rings. The molecule has 0 aromatic carbocycles. The highest BCUT2D eigenvalue weighted by Gasteiger charge is 2.28. The first kappa shape index (κ1) is 13.9. The molecule has 17 heavy (non-hydrogen) atoms. The van der Waals surface area contributed by atoms with Crippen molar-refractivity contribution in [2.24, 2.45) is 5.73 Å². The Bertz CT molecular complexity index is 394. The smallest absolute Gasteiger partial charge is 0.277 e. The van der Waals surface area contributed by atoms with Gasteiger partial charge in [0, 0.05) is 0 Å². The third-order valence-electron chi connectivity index (χ3n) is 2.07. The molecule has 0 aliphatic heterocycles. The highest BCUT2D eigenvalue weighted by atomic mass is 32.1. The average Bonchev–Trinajstić information content (AvgIpc) is 2.75. The summed E-state index contributed by atoms with van der Waals surface area (Å²) in [7, 11) is 0. The van der Waals surface area contributed by atoms with Gasteiger partial charge in [-0.3, -0.25) is 4.79 Å². The molecule has 0 saturated carbocycles. The predicted octanol–water partition coefficient (Wildman–Crippen LogP) is 0.985. The van der Waals surface area contributed by atoms with E-state index in [2.05, 4.69) is 14.9 Å². The van der Waals surface area contributed by atoms with Gasteiger partial charge in [-0.25, -0.2) is 8.78 Å². The minimum Gasteiger partial charge on any atom is -0.345 e. The van der Waals surface area contributed by atoms with Crippen molar-refractivity contribution in [3.05, 3.63) is 10.6 Å². The summed E-state index contributed by atoms with van der Waals surface area (Å²) in [6, 6.07) is 0. The topological polar surface area (TPSA) is 80.9 Å². The van der Waals surface area contributed by atoms with Gasteiger partial charge in [0.2, 0.25) is 0 Å². The van der Waals surface area contributed by atoms with Crippen molar-refractivity contribution in [2.75, 3.05) is 13.1 Å². The Morgan fingerprint density at radius 1 is 1.59 bits per heavy atom. The first-order valence-electron chi connectivity index (χ1n) is 5.05. The SMILES string of the molecule is CC(C)c1nnsc1C(=O)NCC(F)(F)CN. The van der Waals surface area contributed by atoms with Gasteiger partial charge in [0.15, 0.2) is 0 Å². The number of nitrogens with one attached hydrogen (secondary N) is 1. The number of nitrogens with two attached hydrogens (primary N) is 1. The van der Waals surface area contributed by atoms with Crippen LogP contribution in [0.1, 0.15) is 35.1 Å². The monoisotopic (exact) mass is 264 g/mol. The number of hydrogen-bond donors (Lipinski definition) is 2. The largest absolute Gasteiger partial charge is 0.345 e. The summed E-state index contributed by atoms with van der Waals surface area (Å²) in [4.78, 5) is 11.9. The van der Waals surface area contributed by atoms with Gasteiger partial charge < -0.3 is 11.1 Å². The van der Waals surface area contributed by atoms with E-state index in [1.54, 1.807) is 0 Å². The van der Waals surface area contributed by atoms with E-state index < -0.39 is 24.9 Å². The second-order valence-corrected chi connectivity index (χ2v) is 4.64. The maximum Gasteiger partial charge on any atom is 0.277 e. The van der Waals surface area contributed by atoms with Crippen LogP contribution in [0.3, 0.4) is 0 Å². The molecule has 0 bridgehead atoms. The quantitative estimate of drug-likeness (QED) is 0.831. The van der Waals surface area contributed by atoms with Gasteiger partial charge in [-0.1, -0.05) is 18.3 Å². The first-order chi connectivity index (χ1) is 7.87. The molecule has 1 aromatic heterocycles. The second-order valence-electron chi connectivity index (χ2n) is 3.88. The lowest BCUT2D eigenvalue weighted by Crippen LogP contribution is -2.41. The van der Waals surface area contributed by atoms with Crippen LogP contribution >= 0.6 is 11.5 Å². The molecule has 0 radical (unpaired) electrons. The van der Waals surface area contributed by atoms with E-state index in [1.165, 1.54) is 0 Å². The zero-order valence-corrected chi connectivity index (χ0v) is 10.4. The van der Waals surface area contributed by atoms with Gasteiger partial charge in [-0.2, -0.15) is 0 Å². The van der Waals surface area contributed by atoms with Gasteiger partial charge in [0.25, 0.3) is 11.8 Å². The third kappa shape index (κ3) is 3.67. The van der Waals surface area contributed by atoms with Gasteiger partial charge in [-0.05, 0) is 17.5 Å². The molecule has 0 unspecified atom stereocenters. The van der Waals surface area contributed by atoms with Crippen LogP contribution in [0.2, 0.25) is 0 Å². The molecule has 1 rings (SSSR count). The van der Waals surface area contributed by atoms with Crippen LogP contribution in [0, 0.1) is 0 Å². The zero-order chi connectivity index (χ0) is 13.1. The fourth-order valence-electron chi connectivity index (χ4n) is 1.09. The van der Waals surface area contributed by atoms with E-state index in [-0.39, 0.29) is 10.8 Å². The maximum absolute atomic E-state index is 12.8. The molecule has 96 valence electrons. The molecule has 3 N–H and O–H groups in total. The van der Waals surface area contributed by atoms with E-state index in [4.69, 9.17) is 5.73 Å². The Labute approximate surface area is 102 Å². The van der Waals surface area contributed by atoms with Crippen LogP contribution in [-0.4, -0.2) is 34.5 Å². The molecular weight excluding hydrogens is 250 g/mol. The average molecular weight is 264 g/mol. The number of halogens is 2. The van der Waals surface area contributed by atoms with Gasteiger partial charge in [0.1, 0.15) is 4.88 Å². The number of rotatable bonds is 5. The van der Waals surface area contributed by atoms with Crippen molar-refractivity contribution in [1.82, 2.24) is 14.9 Å². The molecule has 0 atom stereocenters. The third-order valence-corrected chi connectivity index (χ3v) is 2.81. The Balaban J connectivity index is 2.68. The molecule has 0 aliphatic carbocycles. The van der Waals surface area contributed by atoms with Crippen LogP contribution in [0.4, 0.5) is 8.78 Å². The van der Waals surface area contributed by atoms with Gasteiger partial charge in [0.05, 0.1) is 18.8 Å². The fraction of sp³-hybridized carbons (Fsp3) is 0.667. The summed E-state index contributed by atoms with van der Waals surface area (Å²) in [5, 5.41) is 5.93. The number of carbonyl (C=O) groups is 1. The lowest BCUT2D eigenvalue weighted by molar-refractivity contribution is 0.0119. The molecule has 0 saturated heterocycles. The van der Waals surface area contributed by atoms with Crippen LogP contribution < -0.4 is 11.1 Å². The highest BCUT2D eigenvalue weighted by molar-refractivity contribution is 7.08. The minimum atomic E-state index is -3.09. The van der Waals surface area contributed by atoms with Crippen molar-refractivity contribution < 1.29 is 13.6 Å². The van der Waals surface area contributed by atoms with E-state index in [9.17, 15) is 13.6 Å². The summed E-state index contributed by atoms with van der Waals surface area (Å²) in [6.07, 6.45) is 0. The number of nitrogens with zero attached hydrogens (tertiary/aromatic N) is 2. The van der Waals surface area contributed by atoms with Crippen LogP contribution in [-0.2, 0) is 0 Å². The Morgan fingerprint density at radius 3 is 2.76 bits per heavy atom. The van der Waals surface area contributed by atoms with E-state index >= 15 is 0 Å². The van der Waals surface area contributed by atoms with Gasteiger partial charge in [-0.15, -0.1) is 5.10 Å². The van der Waals surface area contributed by atoms with Crippen molar-refractivity contribution in [2.45, 2.75) is 25.7 Å². The summed E-state index contributed by atoms with van der Waals surface area (Å²) in [6.45, 7) is 2.12. The minimum absolute atomic E-state index is 0.0181. The molecule has 1 heterocycles. The number of hydrogen-bond acceptors (Lipinski definition) is 5. The van der Waals surface area contributed by atoms with Crippen molar-refractivity contribution in [3.8, 4) is 0 Å². The number of alkyl halides is 2. The molecule has 1 amide bonds. The maximum atomic E-state index is 12.8. The van der Waals surface area contributed by atoms with E-state index in [0.717, 1.165) is 11.5 Å². The fourth-order valence-corrected chi connectivity index (χ4v) is 1.83. The summed E-state index contributed by atoms with van der Waals surface area (Å²) >= 11 is 0.895. The van der Waals surface area contributed by atoms with Crippen molar-refractivity contribution in [3.63, 3.8) is 0 Å². The second kappa shape index (κ2) is 5.46. The Kier molecular flexibility index (Phi) is 4.47. The van der Waals surface area contributed by atoms with Crippen LogP contribution in [0.15, 0.2) is 0 Å². The zero-order valence-electron chi connectivity index (χ0n) is 9.54. The first-order valence-corrected chi connectivity index (χ1v) is 5.83. The van der Waals surface area contributed by atoms with Crippen LogP contribution in [0.5, 0.6) is 0 Å². The molecule has 0 aliphatic rings. The van der Waals surface area contributed by atoms with E-state index in [1.807, 2.05) is 13.8 Å². The lowest BCUT2D eigenvalue weighted by atomic mass is 10.1. The summed E-state index contributed by atoms with van der Waals surface area (Å²) in [5.74, 6) is -3.66. The molecule has 5 nitrogen and oxygen atoms in total. The molecule has 8 heteroatoms. The van der Waals surface area contributed by atoms with Crippen molar-refractivity contribution in [1.29, 1.82) is 0 Å². The van der Waals surface area contributed by atoms with Gasteiger partial charge >= 0.3 is 0 Å².